The van der Waals surface area contributed by atoms with E-state index in [-0.39, 0.29) is 21.9 Å². The van der Waals surface area contributed by atoms with Crippen molar-refractivity contribution in [3.8, 4) is 0 Å². The quantitative estimate of drug-likeness (QED) is 0.480. The number of benzene rings is 1. The molecule has 0 aliphatic rings. The van der Waals surface area contributed by atoms with Crippen LogP contribution < -0.4 is 0 Å². The first-order valence-electron chi connectivity index (χ1n) is 3.90. The van der Waals surface area contributed by atoms with Gasteiger partial charge < -0.3 is 0 Å². The summed E-state index contributed by atoms with van der Waals surface area (Å²) in [4.78, 5) is 20.7. The number of nitrogens with zero attached hydrogens (tertiary/aromatic N) is 2. The molecule has 7 heteroatoms. The number of carbonyl (C=O) groups is 1. The minimum Gasteiger partial charge on any atom is -0.296 e. The van der Waals surface area contributed by atoms with E-state index in [4.69, 9.17) is 11.6 Å². The van der Waals surface area contributed by atoms with E-state index in [9.17, 15) is 14.9 Å². The molecule has 1 aromatic heterocycles. The highest BCUT2D eigenvalue weighted by Crippen LogP contribution is 2.29. The van der Waals surface area contributed by atoms with Gasteiger partial charge in [-0.05, 0) is 6.07 Å². The van der Waals surface area contributed by atoms with Crippen molar-refractivity contribution in [2.24, 2.45) is 0 Å². The van der Waals surface area contributed by atoms with Gasteiger partial charge in [-0.1, -0.05) is 11.6 Å². The summed E-state index contributed by atoms with van der Waals surface area (Å²) in [5.41, 5.74) is 0.0870. The van der Waals surface area contributed by atoms with Crippen LogP contribution in [0.1, 0.15) is 10.5 Å². The first kappa shape index (κ1) is 9.60. The Morgan fingerprint density at radius 1 is 1.53 bits per heavy atom. The Bertz CT molecular complexity index is 564. The Balaban J connectivity index is 2.88. The molecule has 6 nitrogen and oxygen atoms in total. The smallest absolute Gasteiger partial charge is 0.296 e. The number of rotatable bonds is 2. The van der Waals surface area contributed by atoms with Gasteiger partial charge in [0.05, 0.1) is 4.92 Å². The summed E-state index contributed by atoms with van der Waals surface area (Å²) in [6.45, 7) is 0. The first-order chi connectivity index (χ1) is 7.13. The van der Waals surface area contributed by atoms with Gasteiger partial charge >= 0.3 is 0 Å². The second-order valence-electron chi connectivity index (χ2n) is 2.83. The molecule has 0 aliphatic carbocycles. The number of aromatic amines is 1. The van der Waals surface area contributed by atoms with Crippen LogP contribution in [-0.2, 0) is 0 Å². The van der Waals surface area contributed by atoms with Gasteiger partial charge in [-0.3, -0.25) is 20.0 Å². The zero-order valence-corrected chi connectivity index (χ0v) is 7.99. The lowest BCUT2D eigenvalue weighted by Gasteiger charge is -1.94. The molecule has 0 bridgehead atoms. The maximum atomic E-state index is 10.7. The van der Waals surface area contributed by atoms with Crippen molar-refractivity contribution in [1.29, 1.82) is 0 Å². The van der Waals surface area contributed by atoms with Crippen LogP contribution in [0.5, 0.6) is 0 Å². The predicted octanol–water partition coefficient (Wildman–Crippen LogP) is 1.94. The minimum atomic E-state index is -0.594. The molecular weight excluding hydrogens is 222 g/mol. The Morgan fingerprint density at radius 3 is 2.87 bits per heavy atom. The molecule has 0 fully saturated rings. The largest absolute Gasteiger partial charge is 0.298 e. The molecule has 1 heterocycles. The molecule has 0 aliphatic heterocycles. The third-order valence-corrected chi connectivity index (χ3v) is 2.17. The molecule has 0 saturated carbocycles. The predicted molar refractivity (Wildman–Crippen MR) is 53.1 cm³/mol. The summed E-state index contributed by atoms with van der Waals surface area (Å²) >= 11 is 5.69. The molecule has 2 aromatic rings. The van der Waals surface area contributed by atoms with Crippen molar-refractivity contribution >= 4 is 34.5 Å². The number of carbonyl (C=O) groups excluding carboxylic acids is 1. The van der Waals surface area contributed by atoms with Gasteiger partial charge in [-0.2, -0.15) is 5.10 Å². The van der Waals surface area contributed by atoms with Crippen molar-refractivity contribution in [3.05, 3.63) is 33.0 Å². The van der Waals surface area contributed by atoms with Gasteiger partial charge in [0.2, 0.25) is 0 Å². The van der Waals surface area contributed by atoms with E-state index in [1.807, 2.05) is 0 Å². The normalized spacial score (nSPS) is 10.5. The number of aldehydes is 1. The zero-order chi connectivity index (χ0) is 11.0. The van der Waals surface area contributed by atoms with Crippen LogP contribution in [0.3, 0.4) is 0 Å². The molecule has 0 amide bonds. The Hall–Kier alpha value is -1.95. The summed E-state index contributed by atoms with van der Waals surface area (Å²) in [6, 6.07) is 2.65. The van der Waals surface area contributed by atoms with Gasteiger partial charge in [0.15, 0.2) is 11.8 Å². The van der Waals surface area contributed by atoms with E-state index >= 15 is 0 Å². The number of nitro benzene ring substituents is 1. The third kappa shape index (κ3) is 1.44. The number of halogens is 1. The summed E-state index contributed by atoms with van der Waals surface area (Å²) in [5, 5.41) is 17.3. The lowest BCUT2D eigenvalue weighted by Crippen LogP contribution is -1.89. The summed E-state index contributed by atoms with van der Waals surface area (Å²) < 4.78 is 0. The number of non-ortho nitro benzene ring substituents is 1. The average Bonchev–Trinajstić information content (AvgIpc) is 2.58. The molecule has 1 N–H and O–H groups in total. The van der Waals surface area contributed by atoms with Gasteiger partial charge in [-0.25, -0.2) is 0 Å². The second-order valence-corrected chi connectivity index (χ2v) is 3.27. The minimum absolute atomic E-state index is 0.131. The topological polar surface area (TPSA) is 88.9 Å². The van der Waals surface area contributed by atoms with Crippen LogP contribution in [0, 0.1) is 10.1 Å². The van der Waals surface area contributed by atoms with Crippen LogP contribution >= 0.6 is 11.6 Å². The molecule has 0 unspecified atom stereocenters. The fourth-order valence-electron chi connectivity index (χ4n) is 1.31. The second kappa shape index (κ2) is 3.32. The maximum Gasteiger partial charge on any atom is 0.298 e. The Morgan fingerprint density at radius 2 is 2.27 bits per heavy atom. The van der Waals surface area contributed by atoms with Crippen molar-refractivity contribution in [2.45, 2.75) is 0 Å². The molecular formula is C8H4ClN3O3. The van der Waals surface area contributed by atoms with Crippen molar-refractivity contribution in [3.63, 3.8) is 0 Å². The first-order valence-corrected chi connectivity index (χ1v) is 4.28. The van der Waals surface area contributed by atoms with E-state index in [1.54, 1.807) is 0 Å². The summed E-state index contributed by atoms with van der Waals surface area (Å²) in [6.07, 6.45) is 0.537. The SMILES string of the molecule is O=Cc1[nH]nc2c([N+](=O)[O-])cc(Cl)cc12. The van der Waals surface area contributed by atoms with Crippen LogP contribution in [0.2, 0.25) is 5.02 Å². The van der Waals surface area contributed by atoms with Crippen LogP contribution in [0.4, 0.5) is 5.69 Å². The number of nitro groups is 1. The van der Waals surface area contributed by atoms with Gasteiger partial charge in [0, 0.05) is 16.5 Å². The lowest BCUT2D eigenvalue weighted by molar-refractivity contribution is -0.383. The highest BCUT2D eigenvalue weighted by molar-refractivity contribution is 6.32. The number of aromatic nitrogens is 2. The van der Waals surface area contributed by atoms with Crippen LogP contribution in [-0.4, -0.2) is 21.4 Å². The number of hydrogen-bond acceptors (Lipinski definition) is 4. The maximum absolute atomic E-state index is 10.7. The number of hydrogen-bond donors (Lipinski definition) is 1. The highest BCUT2D eigenvalue weighted by Gasteiger charge is 2.18. The fourth-order valence-corrected chi connectivity index (χ4v) is 1.53. The molecule has 1 aromatic carbocycles. The Labute approximate surface area is 88.0 Å². The summed E-state index contributed by atoms with van der Waals surface area (Å²) in [5.74, 6) is 0. The number of fused-ring (bicyclic) bond motifs is 1. The van der Waals surface area contributed by atoms with Gasteiger partial charge in [-0.15, -0.1) is 0 Å². The molecule has 0 radical (unpaired) electrons. The van der Waals surface area contributed by atoms with Crippen molar-refractivity contribution in [2.75, 3.05) is 0 Å². The number of H-pyrrole nitrogens is 1. The standard InChI is InChI=1S/C8H4ClN3O3/c9-4-1-5-6(3-13)10-11-8(5)7(2-4)12(14)15/h1-3H,(H,10,11). The molecule has 76 valence electrons. The van der Waals surface area contributed by atoms with E-state index < -0.39 is 4.92 Å². The zero-order valence-electron chi connectivity index (χ0n) is 7.23. The van der Waals surface area contributed by atoms with Crippen molar-refractivity contribution < 1.29 is 9.72 Å². The van der Waals surface area contributed by atoms with E-state index in [0.29, 0.717) is 11.7 Å². The molecule has 0 saturated heterocycles. The molecule has 0 spiro atoms. The lowest BCUT2D eigenvalue weighted by atomic mass is 10.2. The van der Waals surface area contributed by atoms with Gasteiger partial charge in [0.25, 0.3) is 5.69 Å². The van der Waals surface area contributed by atoms with E-state index in [2.05, 4.69) is 10.2 Å². The molecule has 15 heavy (non-hydrogen) atoms. The van der Waals surface area contributed by atoms with Crippen LogP contribution in [0.25, 0.3) is 10.9 Å². The molecule has 0 atom stereocenters. The monoisotopic (exact) mass is 225 g/mol. The number of nitrogens with one attached hydrogen (secondary N) is 1. The molecule has 2 rings (SSSR count). The van der Waals surface area contributed by atoms with E-state index in [1.165, 1.54) is 12.1 Å². The summed E-state index contributed by atoms with van der Waals surface area (Å²) in [7, 11) is 0. The fraction of sp³-hybridized carbons (Fsp3) is 0. The average molecular weight is 226 g/mol. The Kier molecular flexibility index (Phi) is 2.12. The third-order valence-electron chi connectivity index (χ3n) is 1.95. The highest BCUT2D eigenvalue weighted by atomic mass is 35.5. The van der Waals surface area contributed by atoms with Crippen molar-refractivity contribution in [1.82, 2.24) is 10.2 Å². The van der Waals surface area contributed by atoms with Crippen LogP contribution in [0.15, 0.2) is 12.1 Å². The van der Waals surface area contributed by atoms with Gasteiger partial charge in [0.1, 0.15) is 5.69 Å². The van der Waals surface area contributed by atoms with E-state index in [0.717, 1.165) is 0 Å².